The number of hydrogen-bond acceptors (Lipinski definition) is 3. The van der Waals surface area contributed by atoms with Crippen LogP contribution in [-0.2, 0) is 6.42 Å². The number of benzene rings is 2. The molecule has 4 rings (SSSR count). The van der Waals surface area contributed by atoms with Crippen molar-refractivity contribution >= 4 is 27.4 Å². The number of fused-ring (bicyclic) bond motifs is 2. The van der Waals surface area contributed by atoms with Crippen molar-refractivity contribution in [2.24, 2.45) is 0 Å². The van der Waals surface area contributed by atoms with Crippen molar-refractivity contribution in [3.8, 4) is 16.9 Å². The molecule has 24 heavy (non-hydrogen) atoms. The normalized spacial score (nSPS) is 13.6. The fourth-order valence-corrected chi connectivity index (χ4v) is 4.14. The van der Waals surface area contributed by atoms with Gasteiger partial charge < -0.3 is 9.84 Å². The maximum Gasteiger partial charge on any atom is 0.346 e. The van der Waals surface area contributed by atoms with Gasteiger partial charge in [-0.05, 0) is 42.7 Å². The van der Waals surface area contributed by atoms with E-state index in [-0.39, 0.29) is 10.4 Å². The molecule has 0 unspecified atom stereocenters. The van der Waals surface area contributed by atoms with Crippen LogP contribution in [0.2, 0.25) is 0 Å². The molecule has 1 N–H and O–H groups in total. The predicted molar refractivity (Wildman–Crippen MR) is 88.0 cm³/mol. The zero-order valence-electron chi connectivity index (χ0n) is 12.4. The molecule has 0 saturated carbocycles. The van der Waals surface area contributed by atoms with E-state index in [1.165, 1.54) is 24.3 Å². The van der Waals surface area contributed by atoms with E-state index in [4.69, 9.17) is 4.74 Å². The lowest BCUT2D eigenvalue weighted by Gasteiger charge is -2.18. The first kappa shape index (κ1) is 15.1. The summed E-state index contributed by atoms with van der Waals surface area (Å²) < 4.78 is 34.0. The monoisotopic (exact) mass is 346 g/mol. The smallest absolute Gasteiger partial charge is 0.346 e. The highest BCUT2D eigenvalue weighted by molar-refractivity contribution is 7.21. The Morgan fingerprint density at radius 2 is 2.04 bits per heavy atom. The van der Waals surface area contributed by atoms with Gasteiger partial charge in [0.1, 0.15) is 22.3 Å². The molecule has 0 spiro atoms. The number of halogens is 2. The summed E-state index contributed by atoms with van der Waals surface area (Å²) in [6.07, 6.45) is 1.58. The van der Waals surface area contributed by atoms with Gasteiger partial charge in [-0.15, -0.1) is 11.3 Å². The van der Waals surface area contributed by atoms with Crippen LogP contribution in [0.25, 0.3) is 21.2 Å². The summed E-state index contributed by atoms with van der Waals surface area (Å²) in [4.78, 5) is 11.6. The van der Waals surface area contributed by atoms with Crippen LogP contribution in [0, 0.1) is 11.6 Å². The average Bonchev–Trinajstić information content (AvgIpc) is 2.92. The van der Waals surface area contributed by atoms with E-state index in [2.05, 4.69) is 0 Å². The van der Waals surface area contributed by atoms with Gasteiger partial charge in [0.25, 0.3) is 0 Å². The standard InChI is InChI=1S/C18H12F2O3S/c19-10-3-4-11-15(7-10)24-17(18(21)22)16(11)12-6-9-2-1-5-23-14(9)8-13(12)20/h3-4,6-8H,1-2,5H2,(H,21,22). The molecular weight excluding hydrogens is 334 g/mol. The zero-order chi connectivity index (χ0) is 16.8. The molecule has 0 aliphatic carbocycles. The van der Waals surface area contributed by atoms with Gasteiger partial charge in [-0.1, -0.05) is 0 Å². The van der Waals surface area contributed by atoms with Gasteiger partial charge in [0.15, 0.2) is 0 Å². The Morgan fingerprint density at radius 1 is 1.21 bits per heavy atom. The van der Waals surface area contributed by atoms with Crippen LogP contribution in [0.1, 0.15) is 21.7 Å². The van der Waals surface area contributed by atoms with Crippen LogP contribution in [0.15, 0.2) is 30.3 Å². The lowest BCUT2D eigenvalue weighted by Crippen LogP contribution is -2.09. The molecule has 0 radical (unpaired) electrons. The molecule has 2 aromatic carbocycles. The minimum atomic E-state index is -1.15. The number of thiophene rings is 1. The van der Waals surface area contributed by atoms with Crippen molar-refractivity contribution in [1.82, 2.24) is 0 Å². The summed E-state index contributed by atoms with van der Waals surface area (Å²) in [6, 6.07) is 6.99. The Labute approximate surface area is 140 Å². The second-order valence-corrected chi connectivity index (χ2v) is 6.70. The molecule has 1 aliphatic heterocycles. The van der Waals surface area contributed by atoms with Gasteiger partial charge in [0.05, 0.1) is 6.61 Å². The molecule has 1 aliphatic rings. The summed E-state index contributed by atoms with van der Waals surface area (Å²) in [5.41, 5.74) is 1.37. The first-order valence-electron chi connectivity index (χ1n) is 7.45. The predicted octanol–water partition coefficient (Wildman–Crippen LogP) is 4.87. The maximum atomic E-state index is 14.6. The maximum absolute atomic E-state index is 14.6. The molecule has 122 valence electrons. The van der Waals surface area contributed by atoms with Crippen LogP contribution >= 0.6 is 11.3 Å². The van der Waals surface area contributed by atoms with E-state index in [9.17, 15) is 18.7 Å². The highest BCUT2D eigenvalue weighted by Gasteiger charge is 2.24. The zero-order valence-corrected chi connectivity index (χ0v) is 13.3. The molecule has 0 fully saturated rings. The Bertz CT molecular complexity index is 978. The summed E-state index contributed by atoms with van der Waals surface area (Å²) >= 11 is 0.950. The Morgan fingerprint density at radius 3 is 2.83 bits per heavy atom. The highest BCUT2D eigenvalue weighted by Crippen LogP contribution is 2.42. The molecule has 1 aromatic heterocycles. The SMILES string of the molecule is O=C(O)c1sc2cc(F)ccc2c1-c1cc2c(cc1F)OCCC2. The molecule has 6 heteroatoms. The molecule has 0 atom stereocenters. The molecule has 0 amide bonds. The van der Waals surface area contributed by atoms with Crippen molar-refractivity contribution in [2.75, 3.05) is 6.61 Å². The minimum absolute atomic E-state index is 0.00572. The van der Waals surface area contributed by atoms with Crippen molar-refractivity contribution < 1.29 is 23.4 Å². The summed E-state index contributed by atoms with van der Waals surface area (Å²) in [6.45, 7) is 0.548. The molecule has 3 aromatic rings. The van der Waals surface area contributed by atoms with Crippen molar-refractivity contribution in [1.29, 1.82) is 0 Å². The Hall–Kier alpha value is -2.47. The number of rotatable bonds is 2. The van der Waals surface area contributed by atoms with Gasteiger partial charge in [-0.25, -0.2) is 13.6 Å². The second kappa shape index (κ2) is 5.56. The van der Waals surface area contributed by atoms with Crippen LogP contribution in [0.5, 0.6) is 5.75 Å². The largest absolute Gasteiger partial charge is 0.493 e. The number of hydrogen-bond donors (Lipinski definition) is 1. The number of aryl methyl sites for hydroxylation is 1. The topological polar surface area (TPSA) is 46.5 Å². The highest BCUT2D eigenvalue weighted by atomic mass is 32.1. The third-order valence-electron chi connectivity index (χ3n) is 4.11. The lowest BCUT2D eigenvalue weighted by atomic mass is 9.96. The number of aromatic carboxylic acids is 1. The quantitative estimate of drug-likeness (QED) is 0.720. The van der Waals surface area contributed by atoms with Gasteiger partial charge in [0, 0.05) is 27.3 Å². The van der Waals surface area contributed by atoms with Crippen LogP contribution < -0.4 is 4.74 Å². The van der Waals surface area contributed by atoms with E-state index in [1.54, 1.807) is 6.07 Å². The van der Waals surface area contributed by atoms with Gasteiger partial charge >= 0.3 is 5.97 Å². The number of carboxylic acids is 1. The van der Waals surface area contributed by atoms with E-state index in [0.29, 0.717) is 28.0 Å². The number of carbonyl (C=O) groups is 1. The molecule has 2 heterocycles. The van der Waals surface area contributed by atoms with Crippen molar-refractivity contribution in [3.63, 3.8) is 0 Å². The molecular formula is C18H12F2O3S. The fraction of sp³-hybridized carbons (Fsp3) is 0.167. The molecule has 0 bridgehead atoms. The van der Waals surface area contributed by atoms with Crippen LogP contribution in [0.3, 0.4) is 0 Å². The number of ether oxygens (including phenoxy) is 1. The Kier molecular flexibility index (Phi) is 3.49. The fourth-order valence-electron chi connectivity index (χ4n) is 3.05. The van der Waals surface area contributed by atoms with Gasteiger partial charge in [0.2, 0.25) is 0 Å². The first-order chi connectivity index (χ1) is 11.5. The van der Waals surface area contributed by atoms with Crippen molar-refractivity contribution in [2.45, 2.75) is 12.8 Å². The summed E-state index contributed by atoms with van der Waals surface area (Å²) in [7, 11) is 0. The van der Waals surface area contributed by atoms with Gasteiger partial charge in [-0.2, -0.15) is 0 Å². The Balaban J connectivity index is 2.02. The van der Waals surface area contributed by atoms with E-state index in [1.807, 2.05) is 0 Å². The lowest BCUT2D eigenvalue weighted by molar-refractivity contribution is 0.0703. The minimum Gasteiger partial charge on any atom is -0.493 e. The third-order valence-corrected chi connectivity index (χ3v) is 5.25. The van der Waals surface area contributed by atoms with Crippen LogP contribution in [0.4, 0.5) is 8.78 Å². The van der Waals surface area contributed by atoms with E-state index >= 15 is 0 Å². The summed E-state index contributed by atoms with van der Waals surface area (Å²) in [5.74, 6) is -1.64. The van der Waals surface area contributed by atoms with Crippen molar-refractivity contribution in [3.05, 3.63) is 52.4 Å². The van der Waals surface area contributed by atoms with Crippen LogP contribution in [-0.4, -0.2) is 17.7 Å². The summed E-state index contributed by atoms with van der Waals surface area (Å²) in [5, 5.41) is 10.0. The third kappa shape index (κ3) is 2.34. The van der Waals surface area contributed by atoms with E-state index < -0.39 is 17.6 Å². The number of carboxylic acid groups (broad SMARTS) is 1. The average molecular weight is 346 g/mol. The second-order valence-electron chi connectivity index (χ2n) is 5.64. The van der Waals surface area contributed by atoms with Gasteiger partial charge in [-0.3, -0.25) is 0 Å². The molecule has 3 nitrogen and oxygen atoms in total. The first-order valence-corrected chi connectivity index (χ1v) is 8.27. The molecule has 0 saturated heterocycles. The van der Waals surface area contributed by atoms with E-state index in [0.717, 1.165) is 29.7 Å².